The van der Waals surface area contributed by atoms with Crippen LogP contribution in [0.5, 0.6) is 17.2 Å². The third-order valence-corrected chi connectivity index (χ3v) is 6.19. The zero-order chi connectivity index (χ0) is 22.9. The second-order valence-corrected chi connectivity index (χ2v) is 8.17. The lowest BCUT2D eigenvalue weighted by atomic mass is 10.1. The van der Waals surface area contributed by atoms with Gasteiger partial charge in [0, 0.05) is 10.9 Å². The minimum atomic E-state index is 0.358. The van der Waals surface area contributed by atoms with Crippen LogP contribution in [0.15, 0.2) is 52.0 Å². The summed E-state index contributed by atoms with van der Waals surface area (Å²) in [7, 11) is 4.68. The smallest absolute Gasteiger partial charge is 0.248 e. The fraction of sp³-hybridized carbons (Fsp3) is 0.217. The Bertz CT molecular complexity index is 1440. The quantitative estimate of drug-likeness (QED) is 0.322. The van der Waals surface area contributed by atoms with Crippen molar-refractivity contribution < 1.29 is 18.6 Å². The molecular weight excluding hydrogens is 442 g/mol. The van der Waals surface area contributed by atoms with Gasteiger partial charge in [-0.05, 0) is 36.8 Å². The van der Waals surface area contributed by atoms with Gasteiger partial charge < -0.3 is 18.6 Å². The predicted octanol–water partition coefficient (Wildman–Crippen LogP) is 4.56. The first kappa shape index (κ1) is 21.1. The normalized spacial score (nSPS) is 11.3. The Labute approximate surface area is 193 Å². The van der Waals surface area contributed by atoms with E-state index in [4.69, 9.17) is 18.6 Å². The number of aryl methyl sites for hydroxylation is 1. The van der Waals surface area contributed by atoms with Crippen molar-refractivity contribution in [2.75, 3.05) is 21.3 Å². The van der Waals surface area contributed by atoms with Crippen LogP contribution >= 0.6 is 11.8 Å². The molecule has 0 saturated carbocycles. The summed E-state index contributed by atoms with van der Waals surface area (Å²) in [4.78, 5) is 0. The lowest BCUT2D eigenvalue weighted by Gasteiger charge is -2.12. The monoisotopic (exact) mass is 463 g/mol. The van der Waals surface area contributed by atoms with E-state index in [1.165, 1.54) is 11.8 Å². The largest absolute Gasteiger partial charge is 0.493 e. The molecule has 0 aliphatic heterocycles. The molecule has 0 bridgehead atoms. The van der Waals surface area contributed by atoms with Crippen LogP contribution in [0.25, 0.3) is 28.0 Å². The Hall–Kier alpha value is -3.79. The molecule has 0 aliphatic rings. The predicted molar refractivity (Wildman–Crippen MR) is 124 cm³/mol. The molecule has 0 N–H and O–H groups in total. The van der Waals surface area contributed by atoms with Crippen molar-refractivity contribution in [1.82, 2.24) is 24.8 Å². The van der Waals surface area contributed by atoms with Crippen molar-refractivity contribution in [1.29, 1.82) is 0 Å². The lowest BCUT2D eigenvalue weighted by molar-refractivity contribution is 0.324. The number of ether oxygens (including phenoxy) is 3. The molecule has 3 aromatic heterocycles. The summed E-state index contributed by atoms with van der Waals surface area (Å²) in [5.41, 5.74) is 3.69. The first-order valence-corrected chi connectivity index (χ1v) is 11.1. The van der Waals surface area contributed by atoms with Gasteiger partial charge in [-0.25, -0.2) is 0 Å². The van der Waals surface area contributed by atoms with Crippen LogP contribution in [0.2, 0.25) is 0 Å². The Kier molecular flexibility index (Phi) is 5.51. The van der Waals surface area contributed by atoms with Crippen molar-refractivity contribution in [2.45, 2.75) is 17.8 Å². The van der Waals surface area contributed by atoms with E-state index in [1.807, 2.05) is 22.6 Å². The number of benzene rings is 2. The average Bonchev–Trinajstić information content (AvgIpc) is 3.49. The average molecular weight is 464 g/mol. The van der Waals surface area contributed by atoms with E-state index in [0.29, 0.717) is 40.3 Å². The zero-order valence-electron chi connectivity index (χ0n) is 18.5. The molecule has 3 heterocycles. The second kappa shape index (κ2) is 8.62. The number of hydrogen-bond donors (Lipinski definition) is 0. The molecule has 0 amide bonds. The summed E-state index contributed by atoms with van der Waals surface area (Å²) >= 11 is 1.48. The molecule has 0 unspecified atom stereocenters. The summed E-state index contributed by atoms with van der Waals surface area (Å²) in [5.74, 6) is 2.80. The fourth-order valence-corrected chi connectivity index (χ4v) is 4.52. The Morgan fingerprint density at radius 1 is 0.909 bits per heavy atom. The third kappa shape index (κ3) is 3.72. The van der Waals surface area contributed by atoms with Crippen LogP contribution < -0.4 is 14.2 Å². The van der Waals surface area contributed by atoms with Crippen LogP contribution in [-0.4, -0.2) is 46.1 Å². The highest BCUT2D eigenvalue weighted by atomic mass is 32.2. The van der Waals surface area contributed by atoms with E-state index in [2.05, 4.69) is 39.5 Å². The van der Waals surface area contributed by atoms with Gasteiger partial charge in [-0.2, -0.15) is 0 Å². The summed E-state index contributed by atoms with van der Waals surface area (Å²) in [5, 5.41) is 19.0. The summed E-state index contributed by atoms with van der Waals surface area (Å²) in [6.45, 7) is 2.08. The van der Waals surface area contributed by atoms with Gasteiger partial charge >= 0.3 is 0 Å². The highest BCUT2D eigenvalue weighted by Gasteiger charge is 2.18. The van der Waals surface area contributed by atoms with Gasteiger partial charge in [0.15, 0.2) is 22.3 Å². The molecule has 0 spiro atoms. The lowest BCUT2D eigenvalue weighted by Crippen LogP contribution is -1.95. The topological polar surface area (TPSA) is 96.8 Å². The molecule has 5 rings (SSSR count). The summed E-state index contributed by atoms with van der Waals surface area (Å²) in [6.07, 6.45) is 0. The molecule has 33 heavy (non-hydrogen) atoms. The number of aromatic nitrogens is 5. The van der Waals surface area contributed by atoms with Crippen LogP contribution in [0.1, 0.15) is 11.5 Å². The number of fused-ring (bicyclic) bond motifs is 3. The minimum absolute atomic E-state index is 0.358. The van der Waals surface area contributed by atoms with E-state index in [9.17, 15) is 0 Å². The van der Waals surface area contributed by atoms with Crippen LogP contribution in [-0.2, 0) is 5.75 Å². The number of pyridine rings is 1. The summed E-state index contributed by atoms with van der Waals surface area (Å²) in [6, 6.07) is 13.8. The standard InChI is InChI=1S/C23H21N5O4S/c1-13-9-19-24-27-23(28(19)16-8-6-5-7-15(13)16)33-12-20-25-26-22(32-20)14-10-17(29-2)21(31-4)18(11-14)30-3/h5-11H,12H2,1-4H3. The maximum Gasteiger partial charge on any atom is 0.248 e. The van der Waals surface area contributed by atoms with Crippen molar-refractivity contribution in [3.8, 4) is 28.7 Å². The van der Waals surface area contributed by atoms with Gasteiger partial charge in [0.2, 0.25) is 17.5 Å². The highest BCUT2D eigenvalue weighted by molar-refractivity contribution is 7.98. The molecule has 0 radical (unpaired) electrons. The summed E-state index contributed by atoms with van der Waals surface area (Å²) < 4.78 is 24.1. The van der Waals surface area contributed by atoms with Crippen LogP contribution in [0.3, 0.4) is 0 Å². The molecule has 168 valence electrons. The van der Waals surface area contributed by atoms with E-state index in [1.54, 1.807) is 33.5 Å². The molecular formula is C23H21N5O4S. The first-order chi connectivity index (χ1) is 16.1. The number of methoxy groups -OCH3 is 3. The van der Waals surface area contributed by atoms with Crippen molar-refractivity contribution >= 4 is 28.3 Å². The number of thioether (sulfide) groups is 1. The maximum absolute atomic E-state index is 5.91. The molecule has 2 aromatic carbocycles. The Morgan fingerprint density at radius 3 is 2.39 bits per heavy atom. The molecule has 0 atom stereocenters. The molecule has 0 saturated heterocycles. The third-order valence-electron chi connectivity index (χ3n) is 5.28. The van der Waals surface area contributed by atoms with Gasteiger partial charge in [0.25, 0.3) is 0 Å². The minimum Gasteiger partial charge on any atom is -0.493 e. The van der Waals surface area contributed by atoms with Crippen molar-refractivity contribution in [3.63, 3.8) is 0 Å². The SMILES string of the molecule is COc1cc(-c2nnc(CSc3nnc4cc(C)c5ccccc5n34)o2)cc(OC)c1OC. The Morgan fingerprint density at radius 2 is 1.67 bits per heavy atom. The van der Waals surface area contributed by atoms with E-state index < -0.39 is 0 Å². The number of hydrogen-bond acceptors (Lipinski definition) is 9. The molecule has 10 heteroatoms. The van der Waals surface area contributed by atoms with Gasteiger partial charge in [-0.3, -0.25) is 4.40 Å². The van der Waals surface area contributed by atoms with Gasteiger partial charge in [0.1, 0.15) is 0 Å². The number of nitrogens with zero attached hydrogens (tertiary/aromatic N) is 5. The highest BCUT2D eigenvalue weighted by Crippen LogP contribution is 2.41. The van der Waals surface area contributed by atoms with E-state index in [0.717, 1.165) is 27.3 Å². The van der Waals surface area contributed by atoms with Crippen molar-refractivity contribution in [2.24, 2.45) is 0 Å². The van der Waals surface area contributed by atoms with E-state index >= 15 is 0 Å². The number of para-hydroxylation sites is 1. The molecule has 0 aliphatic carbocycles. The molecule has 5 aromatic rings. The van der Waals surface area contributed by atoms with Crippen LogP contribution in [0.4, 0.5) is 0 Å². The Balaban J connectivity index is 1.43. The molecule has 9 nitrogen and oxygen atoms in total. The maximum atomic E-state index is 5.91. The first-order valence-electron chi connectivity index (χ1n) is 10.1. The van der Waals surface area contributed by atoms with Gasteiger partial charge in [-0.1, -0.05) is 30.0 Å². The molecule has 0 fully saturated rings. The van der Waals surface area contributed by atoms with Crippen LogP contribution in [0, 0.1) is 6.92 Å². The van der Waals surface area contributed by atoms with E-state index in [-0.39, 0.29) is 0 Å². The number of rotatable bonds is 7. The zero-order valence-corrected chi connectivity index (χ0v) is 19.3. The van der Waals surface area contributed by atoms with Gasteiger partial charge in [-0.15, -0.1) is 20.4 Å². The fourth-order valence-electron chi connectivity index (χ4n) is 3.73. The van der Waals surface area contributed by atoms with Crippen molar-refractivity contribution in [3.05, 3.63) is 53.9 Å². The van der Waals surface area contributed by atoms with Gasteiger partial charge in [0.05, 0.1) is 32.6 Å². The second-order valence-electron chi connectivity index (χ2n) is 7.22.